The molecular formula is C19H23N. The lowest BCUT2D eigenvalue weighted by Gasteiger charge is -2.09. The Kier molecular flexibility index (Phi) is 5.14. The molecule has 0 amide bonds. The van der Waals surface area contributed by atoms with Crippen molar-refractivity contribution in [1.29, 1.82) is 0 Å². The van der Waals surface area contributed by atoms with E-state index >= 15 is 0 Å². The molecule has 2 aromatic carbocycles. The van der Waals surface area contributed by atoms with E-state index in [1.54, 1.807) is 0 Å². The summed E-state index contributed by atoms with van der Waals surface area (Å²) in [5.74, 6) is 0.634. The fraction of sp³-hybridized carbons (Fsp3) is 0.263. The van der Waals surface area contributed by atoms with Crippen molar-refractivity contribution in [1.82, 2.24) is 0 Å². The largest absolute Gasteiger partial charge is 0.324 e. The Hall–Kier alpha value is -1.86. The van der Waals surface area contributed by atoms with Gasteiger partial charge in [-0.1, -0.05) is 80.6 Å². The Morgan fingerprint density at radius 1 is 0.900 bits per heavy atom. The number of benzene rings is 2. The lowest BCUT2D eigenvalue weighted by Crippen LogP contribution is -2.18. The van der Waals surface area contributed by atoms with Gasteiger partial charge in [-0.3, -0.25) is 0 Å². The summed E-state index contributed by atoms with van der Waals surface area (Å²) in [5, 5.41) is 0. The summed E-state index contributed by atoms with van der Waals surface area (Å²) in [4.78, 5) is 0. The molecule has 20 heavy (non-hydrogen) atoms. The van der Waals surface area contributed by atoms with Gasteiger partial charge < -0.3 is 5.73 Å². The minimum Gasteiger partial charge on any atom is -0.324 e. The SMILES string of the molecule is CC(C)C[C@H](N)C=Cc1ccc(-c2ccccc2)cc1. The van der Waals surface area contributed by atoms with Crippen LogP contribution in [0.5, 0.6) is 0 Å². The molecule has 0 aliphatic carbocycles. The molecular weight excluding hydrogens is 242 g/mol. The highest BCUT2D eigenvalue weighted by atomic mass is 14.6. The van der Waals surface area contributed by atoms with Crippen molar-refractivity contribution in [3.8, 4) is 11.1 Å². The van der Waals surface area contributed by atoms with Gasteiger partial charge in [0, 0.05) is 6.04 Å². The smallest absolute Gasteiger partial charge is 0.0229 e. The highest BCUT2D eigenvalue weighted by Crippen LogP contribution is 2.19. The van der Waals surface area contributed by atoms with E-state index in [2.05, 4.69) is 74.5 Å². The van der Waals surface area contributed by atoms with E-state index in [9.17, 15) is 0 Å². The first-order chi connectivity index (χ1) is 9.65. The first-order valence-corrected chi connectivity index (χ1v) is 7.24. The third kappa shape index (κ3) is 4.36. The molecule has 1 atom stereocenters. The fourth-order valence-corrected chi connectivity index (χ4v) is 2.27. The van der Waals surface area contributed by atoms with Crippen LogP contribution < -0.4 is 5.73 Å². The molecule has 0 aromatic heterocycles. The molecule has 0 fully saturated rings. The summed E-state index contributed by atoms with van der Waals surface area (Å²) in [6, 6.07) is 19.2. The second kappa shape index (κ2) is 7.06. The number of hydrogen-bond acceptors (Lipinski definition) is 1. The molecule has 0 saturated carbocycles. The standard InChI is InChI=1S/C19H23N/c1-15(2)14-19(20)13-10-16-8-11-18(12-9-16)17-6-4-3-5-7-17/h3-13,15,19H,14,20H2,1-2H3/t19-/m1/s1. The molecule has 0 radical (unpaired) electrons. The highest BCUT2D eigenvalue weighted by Gasteiger charge is 2.01. The van der Waals surface area contributed by atoms with E-state index in [0.717, 1.165) is 6.42 Å². The first kappa shape index (κ1) is 14.5. The van der Waals surface area contributed by atoms with Gasteiger partial charge in [0.25, 0.3) is 0 Å². The molecule has 2 aromatic rings. The Labute approximate surface area is 122 Å². The molecule has 0 aliphatic rings. The average Bonchev–Trinajstić information content (AvgIpc) is 2.46. The van der Waals surface area contributed by atoms with Crippen molar-refractivity contribution in [3.63, 3.8) is 0 Å². The van der Waals surface area contributed by atoms with Crippen LogP contribution in [0.15, 0.2) is 60.7 Å². The van der Waals surface area contributed by atoms with Gasteiger partial charge in [0.05, 0.1) is 0 Å². The van der Waals surface area contributed by atoms with Crippen LogP contribution in [-0.2, 0) is 0 Å². The zero-order valence-corrected chi connectivity index (χ0v) is 12.3. The molecule has 2 rings (SSSR count). The minimum atomic E-state index is 0.142. The zero-order valence-electron chi connectivity index (χ0n) is 12.3. The minimum absolute atomic E-state index is 0.142. The predicted octanol–water partition coefficient (Wildman–Crippen LogP) is 4.74. The third-order valence-corrected chi connectivity index (χ3v) is 3.30. The van der Waals surface area contributed by atoms with Crippen LogP contribution in [0.4, 0.5) is 0 Å². The van der Waals surface area contributed by atoms with Crippen LogP contribution >= 0.6 is 0 Å². The van der Waals surface area contributed by atoms with E-state index in [1.165, 1.54) is 16.7 Å². The molecule has 104 valence electrons. The van der Waals surface area contributed by atoms with Crippen molar-refractivity contribution < 1.29 is 0 Å². The Balaban J connectivity index is 2.04. The Bertz CT molecular complexity index is 538. The van der Waals surface area contributed by atoms with Crippen molar-refractivity contribution in [3.05, 3.63) is 66.2 Å². The Morgan fingerprint density at radius 3 is 2.10 bits per heavy atom. The molecule has 0 unspecified atom stereocenters. The lowest BCUT2D eigenvalue weighted by molar-refractivity contribution is 0.547. The number of nitrogens with two attached hydrogens (primary N) is 1. The number of hydrogen-bond donors (Lipinski definition) is 1. The maximum absolute atomic E-state index is 6.06. The lowest BCUT2D eigenvalue weighted by atomic mass is 10.0. The molecule has 1 heteroatoms. The molecule has 0 saturated heterocycles. The van der Waals surface area contributed by atoms with Crippen LogP contribution in [-0.4, -0.2) is 6.04 Å². The van der Waals surface area contributed by atoms with Gasteiger partial charge >= 0.3 is 0 Å². The average molecular weight is 265 g/mol. The molecule has 0 spiro atoms. The maximum atomic E-state index is 6.06. The van der Waals surface area contributed by atoms with Gasteiger partial charge in [-0.25, -0.2) is 0 Å². The van der Waals surface area contributed by atoms with E-state index in [1.807, 2.05) is 6.07 Å². The quantitative estimate of drug-likeness (QED) is 0.830. The second-order valence-electron chi connectivity index (χ2n) is 5.64. The van der Waals surface area contributed by atoms with Crippen LogP contribution in [0.2, 0.25) is 0 Å². The summed E-state index contributed by atoms with van der Waals surface area (Å²) in [6.07, 6.45) is 5.23. The molecule has 0 heterocycles. The van der Waals surface area contributed by atoms with Crippen molar-refractivity contribution in [2.45, 2.75) is 26.3 Å². The molecule has 0 aliphatic heterocycles. The van der Waals surface area contributed by atoms with E-state index in [0.29, 0.717) is 5.92 Å². The summed E-state index contributed by atoms with van der Waals surface area (Å²) < 4.78 is 0. The fourth-order valence-electron chi connectivity index (χ4n) is 2.27. The van der Waals surface area contributed by atoms with Crippen molar-refractivity contribution >= 4 is 6.08 Å². The van der Waals surface area contributed by atoms with Crippen LogP contribution in [0.1, 0.15) is 25.8 Å². The van der Waals surface area contributed by atoms with Gasteiger partial charge in [0.15, 0.2) is 0 Å². The summed E-state index contributed by atoms with van der Waals surface area (Å²) in [5.41, 5.74) is 9.75. The van der Waals surface area contributed by atoms with Crippen LogP contribution in [0, 0.1) is 5.92 Å². The van der Waals surface area contributed by atoms with Crippen LogP contribution in [0.25, 0.3) is 17.2 Å². The van der Waals surface area contributed by atoms with E-state index in [-0.39, 0.29) is 6.04 Å². The van der Waals surface area contributed by atoms with E-state index < -0.39 is 0 Å². The van der Waals surface area contributed by atoms with E-state index in [4.69, 9.17) is 5.73 Å². The number of rotatable bonds is 5. The predicted molar refractivity (Wildman–Crippen MR) is 88.3 cm³/mol. The molecule has 2 N–H and O–H groups in total. The van der Waals surface area contributed by atoms with Crippen LogP contribution in [0.3, 0.4) is 0 Å². The second-order valence-corrected chi connectivity index (χ2v) is 5.64. The summed E-state index contributed by atoms with van der Waals surface area (Å²) in [6.45, 7) is 4.39. The van der Waals surface area contributed by atoms with Gasteiger partial charge in [0.2, 0.25) is 0 Å². The zero-order chi connectivity index (χ0) is 14.4. The molecule has 1 nitrogen and oxygen atoms in total. The molecule has 0 bridgehead atoms. The first-order valence-electron chi connectivity index (χ1n) is 7.24. The van der Waals surface area contributed by atoms with Gasteiger partial charge in [-0.05, 0) is 29.0 Å². The normalized spacial score (nSPS) is 13.0. The van der Waals surface area contributed by atoms with Gasteiger partial charge in [-0.2, -0.15) is 0 Å². The Morgan fingerprint density at radius 2 is 1.50 bits per heavy atom. The van der Waals surface area contributed by atoms with Gasteiger partial charge in [-0.15, -0.1) is 0 Å². The third-order valence-electron chi connectivity index (χ3n) is 3.30. The monoisotopic (exact) mass is 265 g/mol. The van der Waals surface area contributed by atoms with Crippen molar-refractivity contribution in [2.75, 3.05) is 0 Å². The summed E-state index contributed by atoms with van der Waals surface area (Å²) in [7, 11) is 0. The highest BCUT2D eigenvalue weighted by molar-refractivity contribution is 5.65. The summed E-state index contributed by atoms with van der Waals surface area (Å²) >= 11 is 0. The topological polar surface area (TPSA) is 26.0 Å². The van der Waals surface area contributed by atoms with Crippen molar-refractivity contribution in [2.24, 2.45) is 11.7 Å². The van der Waals surface area contributed by atoms with Gasteiger partial charge in [0.1, 0.15) is 0 Å². The maximum Gasteiger partial charge on any atom is 0.0229 e.